The fourth-order valence-electron chi connectivity index (χ4n) is 1.85. The van der Waals surface area contributed by atoms with Gasteiger partial charge in [-0.15, -0.1) is 0 Å². The Bertz CT molecular complexity index is 404. The van der Waals surface area contributed by atoms with Gasteiger partial charge >= 0.3 is 17.1 Å². The maximum absolute atomic E-state index is 4.39. The number of rotatable bonds is 2. The van der Waals surface area contributed by atoms with Gasteiger partial charge in [0, 0.05) is 31.7 Å². The summed E-state index contributed by atoms with van der Waals surface area (Å²) in [7, 11) is 0. The van der Waals surface area contributed by atoms with E-state index in [1.54, 1.807) is 24.8 Å². The predicted octanol–water partition coefficient (Wildman–Crippen LogP) is 1.42. The van der Waals surface area contributed by atoms with E-state index in [2.05, 4.69) is 37.6 Å². The Labute approximate surface area is 129 Å². The van der Waals surface area contributed by atoms with E-state index in [0.29, 0.717) is 10.8 Å². The van der Waals surface area contributed by atoms with Gasteiger partial charge in [-0.05, 0) is 12.8 Å². The van der Waals surface area contributed by atoms with Crippen LogP contribution in [-0.4, -0.2) is 39.3 Å². The molecule has 0 aliphatic carbocycles. The monoisotopic (exact) mass is 326 g/mol. The second-order valence-corrected chi connectivity index (χ2v) is 4.58. The summed E-state index contributed by atoms with van der Waals surface area (Å²) in [4.78, 5) is 10.2. The third-order valence-electron chi connectivity index (χ3n) is 2.81. The average Bonchev–Trinajstić information content (AvgIpc) is 2.69. The Morgan fingerprint density at radius 3 is 2.63 bits per heavy atom. The van der Waals surface area contributed by atoms with Crippen molar-refractivity contribution in [1.29, 1.82) is 0 Å². The van der Waals surface area contributed by atoms with Crippen LogP contribution in [0.4, 0.5) is 0 Å². The molecule has 2 heterocycles. The summed E-state index contributed by atoms with van der Waals surface area (Å²) < 4.78 is 0. The smallest absolute Gasteiger partial charge is 0.515 e. The Kier molecular flexibility index (Phi) is 7.74. The van der Waals surface area contributed by atoms with Gasteiger partial charge in [0.15, 0.2) is 17.3 Å². The molecule has 1 saturated heterocycles. The van der Waals surface area contributed by atoms with E-state index in [1.807, 2.05) is 0 Å². The van der Waals surface area contributed by atoms with Crippen molar-refractivity contribution in [3.8, 4) is 0 Å². The van der Waals surface area contributed by atoms with Crippen molar-refractivity contribution in [2.75, 3.05) is 13.1 Å². The molecule has 0 saturated carbocycles. The Hall–Kier alpha value is -0.881. The summed E-state index contributed by atoms with van der Waals surface area (Å²) in [5.74, 6) is 0. The zero-order chi connectivity index (χ0) is 12.6. The first-order chi connectivity index (χ1) is 8.86. The molecule has 1 radical (unpaired) electrons. The van der Waals surface area contributed by atoms with Gasteiger partial charge in [0.1, 0.15) is 0 Å². The van der Waals surface area contributed by atoms with Crippen molar-refractivity contribution >= 4 is 23.5 Å². The van der Waals surface area contributed by atoms with Crippen molar-refractivity contribution in [2.24, 2.45) is 5.10 Å². The minimum atomic E-state index is 0. The molecule has 1 aromatic rings. The summed E-state index contributed by atoms with van der Waals surface area (Å²) in [6.45, 7) is 2.03. The first-order valence-corrected chi connectivity index (χ1v) is 6.62. The average molecular weight is 327 g/mol. The predicted molar refractivity (Wildman–Crippen MR) is 76.8 cm³/mol. The van der Waals surface area contributed by atoms with Crippen molar-refractivity contribution in [3.63, 3.8) is 0 Å². The van der Waals surface area contributed by atoms with Crippen LogP contribution < -0.4 is 0 Å². The van der Waals surface area contributed by atoms with Gasteiger partial charge in [-0.2, -0.15) is 0 Å². The topological polar surface area (TPSA) is 55.5 Å². The van der Waals surface area contributed by atoms with E-state index in [0.717, 1.165) is 13.1 Å². The zero-order valence-electron chi connectivity index (χ0n) is 10.5. The number of likely N-dealkylation sites (tertiary alicyclic amines) is 1. The van der Waals surface area contributed by atoms with Crippen LogP contribution in [0.2, 0.25) is 0 Å². The van der Waals surface area contributed by atoms with Crippen molar-refractivity contribution in [3.05, 3.63) is 29.7 Å². The van der Waals surface area contributed by atoms with Crippen LogP contribution in [0, 0.1) is 0 Å². The van der Waals surface area contributed by atoms with E-state index < -0.39 is 0 Å². The number of aromatic nitrogens is 2. The van der Waals surface area contributed by atoms with Crippen molar-refractivity contribution in [1.82, 2.24) is 14.9 Å². The molecule has 0 atom stereocenters. The molecule has 1 fully saturated rings. The van der Waals surface area contributed by atoms with Crippen molar-refractivity contribution in [2.45, 2.75) is 25.7 Å². The molecule has 5 nitrogen and oxygen atoms in total. The van der Waals surface area contributed by atoms with Crippen LogP contribution in [0.25, 0.3) is 5.43 Å². The first-order valence-electron chi connectivity index (χ1n) is 6.17. The number of hydrogen-bond donors (Lipinski definition) is 0. The normalized spacial score (nSPS) is 16.6. The van der Waals surface area contributed by atoms with Gasteiger partial charge in [-0.1, -0.05) is 12.8 Å². The molecule has 1 aliphatic heterocycles. The SMILES string of the molecule is [Cu+2].[SH+]=C([N-]N=Cc1cnccn1)N1CCCCCC1. The minimum absolute atomic E-state index is 0. The van der Waals surface area contributed by atoms with E-state index in [9.17, 15) is 0 Å². The van der Waals surface area contributed by atoms with Gasteiger partial charge in [-0.25, -0.2) is 4.90 Å². The van der Waals surface area contributed by atoms with Gasteiger partial charge in [0.25, 0.3) is 0 Å². The van der Waals surface area contributed by atoms with E-state index >= 15 is 0 Å². The van der Waals surface area contributed by atoms with Gasteiger partial charge in [0.2, 0.25) is 0 Å². The maximum Gasteiger partial charge on any atom is 2.00 e. The Morgan fingerprint density at radius 2 is 2.00 bits per heavy atom. The van der Waals surface area contributed by atoms with Gasteiger partial charge in [-0.3, -0.25) is 9.97 Å². The van der Waals surface area contributed by atoms with Crippen LogP contribution >= 0.6 is 0 Å². The standard InChI is InChI=1S/C12H17N5S.Cu/c18-12(17-7-3-1-2-4-8-17)16-15-10-11-9-13-5-6-14-11;/h5-6,9-10H,1-4,7-8H2,(H,14,16,18);/q;+2. The van der Waals surface area contributed by atoms with Crippen LogP contribution in [0.3, 0.4) is 0 Å². The van der Waals surface area contributed by atoms with Crippen LogP contribution in [0.1, 0.15) is 31.4 Å². The third-order valence-corrected chi connectivity index (χ3v) is 3.18. The molecule has 1 aromatic heterocycles. The summed E-state index contributed by atoms with van der Waals surface area (Å²) in [6.07, 6.45) is 11.5. The summed E-state index contributed by atoms with van der Waals surface area (Å²) >= 11 is 4.39. The molecule has 0 N–H and O–H groups in total. The Balaban J connectivity index is 0.00000180. The molecule has 19 heavy (non-hydrogen) atoms. The quantitative estimate of drug-likeness (QED) is 0.206. The summed E-state index contributed by atoms with van der Waals surface area (Å²) in [5, 5.41) is 4.67. The largest absolute Gasteiger partial charge is 2.00 e. The number of thiol groups is 1. The molecule has 0 aromatic carbocycles. The molecule has 2 rings (SSSR count). The van der Waals surface area contributed by atoms with E-state index in [1.165, 1.54) is 25.7 Å². The molecular weight excluding hydrogens is 310 g/mol. The van der Waals surface area contributed by atoms with Crippen LogP contribution in [0.5, 0.6) is 0 Å². The number of hydrogen-bond acceptors (Lipinski definition) is 3. The molecule has 105 valence electrons. The molecule has 0 bridgehead atoms. The summed E-state index contributed by atoms with van der Waals surface area (Å²) in [5.41, 5.74) is 4.79. The van der Waals surface area contributed by atoms with Crippen molar-refractivity contribution < 1.29 is 17.1 Å². The third kappa shape index (κ3) is 5.74. The van der Waals surface area contributed by atoms with Gasteiger partial charge < -0.3 is 10.5 Å². The summed E-state index contributed by atoms with van der Waals surface area (Å²) in [6, 6.07) is 0. The molecule has 1 aliphatic rings. The zero-order valence-corrected chi connectivity index (χ0v) is 12.4. The number of nitrogens with zero attached hydrogens (tertiary/aromatic N) is 5. The molecule has 7 heteroatoms. The van der Waals surface area contributed by atoms with Crippen LogP contribution in [-0.2, 0) is 29.3 Å². The molecule has 0 unspecified atom stereocenters. The van der Waals surface area contributed by atoms with Crippen LogP contribution in [0.15, 0.2) is 23.7 Å². The second-order valence-electron chi connectivity index (χ2n) is 4.18. The van der Waals surface area contributed by atoms with E-state index in [4.69, 9.17) is 0 Å². The molecule has 0 spiro atoms. The second kappa shape index (κ2) is 9.09. The first kappa shape index (κ1) is 16.2. The molecule has 0 amide bonds. The molecular formula is C12H17CuN5S+2. The van der Waals surface area contributed by atoms with Gasteiger partial charge in [0.05, 0.1) is 11.9 Å². The fraction of sp³-hybridized carbons (Fsp3) is 0.500. The Morgan fingerprint density at radius 1 is 1.26 bits per heavy atom. The maximum atomic E-state index is 4.39. The van der Waals surface area contributed by atoms with E-state index in [-0.39, 0.29) is 17.1 Å². The minimum Gasteiger partial charge on any atom is -0.515 e. The fourth-order valence-corrected chi connectivity index (χ4v) is 2.10.